The third-order valence-electron chi connectivity index (χ3n) is 4.40. The molecule has 2 aliphatic heterocycles. The summed E-state index contributed by atoms with van der Waals surface area (Å²) in [7, 11) is 1.41. The summed E-state index contributed by atoms with van der Waals surface area (Å²) in [6.45, 7) is 3.22. The fraction of sp³-hybridized carbons (Fsp3) is 0.600. The van der Waals surface area contributed by atoms with Crippen LogP contribution >= 0.6 is 0 Å². The largest absolute Gasteiger partial charge is 0.485 e. The van der Waals surface area contributed by atoms with E-state index in [9.17, 15) is 4.79 Å². The van der Waals surface area contributed by atoms with Gasteiger partial charge in [0.05, 0.1) is 18.8 Å². The summed E-state index contributed by atoms with van der Waals surface area (Å²) in [5.74, 6) is 0.783. The zero-order valence-electron chi connectivity index (χ0n) is 12.5. The third kappa shape index (κ3) is 2.55. The molecule has 1 fully saturated rings. The van der Waals surface area contributed by atoms with Crippen molar-refractivity contribution in [2.24, 2.45) is 5.73 Å². The van der Waals surface area contributed by atoms with Crippen molar-refractivity contribution in [2.45, 2.75) is 37.8 Å². The molecule has 114 valence electrons. The van der Waals surface area contributed by atoms with Crippen molar-refractivity contribution in [3.05, 3.63) is 23.5 Å². The van der Waals surface area contributed by atoms with Crippen LogP contribution in [-0.4, -0.2) is 41.8 Å². The highest BCUT2D eigenvalue weighted by atomic mass is 16.5. The fourth-order valence-electron chi connectivity index (χ4n) is 3.22. The maximum absolute atomic E-state index is 11.6. The molecule has 1 spiro atoms. The second-order valence-electron chi connectivity index (χ2n) is 5.89. The van der Waals surface area contributed by atoms with Crippen LogP contribution < -0.4 is 10.5 Å². The smallest absolute Gasteiger partial charge is 0.409 e. The molecule has 1 aromatic rings. The first-order valence-corrected chi connectivity index (χ1v) is 7.28. The van der Waals surface area contributed by atoms with Gasteiger partial charge < -0.3 is 20.1 Å². The number of likely N-dealkylation sites (tertiary alicyclic amines) is 1. The van der Waals surface area contributed by atoms with Crippen LogP contribution in [-0.2, 0) is 4.74 Å². The van der Waals surface area contributed by atoms with Gasteiger partial charge in [-0.1, -0.05) is 0 Å². The van der Waals surface area contributed by atoms with E-state index in [1.807, 2.05) is 19.1 Å². The zero-order valence-corrected chi connectivity index (χ0v) is 12.5. The summed E-state index contributed by atoms with van der Waals surface area (Å²) in [6, 6.07) is 3.78. The second kappa shape index (κ2) is 5.18. The molecule has 3 rings (SSSR count). The first kappa shape index (κ1) is 14.1. The van der Waals surface area contributed by atoms with Gasteiger partial charge in [0, 0.05) is 38.0 Å². The van der Waals surface area contributed by atoms with Gasteiger partial charge in [0.2, 0.25) is 0 Å². The maximum Gasteiger partial charge on any atom is 0.409 e. The van der Waals surface area contributed by atoms with Gasteiger partial charge in [-0.05, 0) is 19.1 Å². The average Bonchev–Trinajstić information content (AvgIpc) is 2.48. The van der Waals surface area contributed by atoms with E-state index in [1.54, 1.807) is 4.90 Å². The fourth-order valence-corrected chi connectivity index (χ4v) is 3.22. The van der Waals surface area contributed by atoms with Crippen LogP contribution in [0.1, 0.15) is 36.7 Å². The molecule has 1 saturated heterocycles. The summed E-state index contributed by atoms with van der Waals surface area (Å²) >= 11 is 0. The van der Waals surface area contributed by atoms with Gasteiger partial charge in [0.25, 0.3) is 0 Å². The number of methoxy groups -OCH3 is 1. The molecule has 0 saturated carbocycles. The summed E-state index contributed by atoms with van der Waals surface area (Å²) in [5, 5.41) is 0. The number of ether oxygens (including phenoxy) is 2. The first-order chi connectivity index (χ1) is 10.0. The van der Waals surface area contributed by atoms with E-state index in [2.05, 4.69) is 4.98 Å². The standard InChI is InChI=1S/C15H21N3O3/c1-10-3-4-12-13(17-10)11(16)9-15(21-12)5-7-18(8-6-15)14(19)20-2/h3-4,11H,5-9,16H2,1-2H3/t11-/m0/s1. The second-order valence-corrected chi connectivity index (χ2v) is 5.89. The molecular formula is C15H21N3O3. The van der Waals surface area contributed by atoms with E-state index in [-0.39, 0.29) is 17.7 Å². The van der Waals surface area contributed by atoms with Crippen molar-refractivity contribution in [1.82, 2.24) is 9.88 Å². The molecule has 3 heterocycles. The summed E-state index contributed by atoms with van der Waals surface area (Å²) in [4.78, 5) is 17.8. The lowest BCUT2D eigenvalue weighted by molar-refractivity contribution is -0.0203. The highest BCUT2D eigenvalue weighted by Crippen LogP contribution is 2.42. The number of hydrogen-bond acceptors (Lipinski definition) is 5. The Bertz CT molecular complexity index is 553. The maximum atomic E-state index is 11.6. The van der Waals surface area contributed by atoms with Gasteiger partial charge in [-0.3, -0.25) is 4.98 Å². The minimum atomic E-state index is -0.284. The number of pyridine rings is 1. The number of rotatable bonds is 0. The van der Waals surface area contributed by atoms with Gasteiger partial charge in [-0.15, -0.1) is 0 Å². The Balaban J connectivity index is 1.77. The minimum Gasteiger partial charge on any atom is -0.485 e. The van der Waals surface area contributed by atoms with E-state index in [0.29, 0.717) is 13.1 Å². The summed E-state index contributed by atoms with van der Waals surface area (Å²) in [6.07, 6.45) is 2.00. The molecule has 0 unspecified atom stereocenters. The monoisotopic (exact) mass is 291 g/mol. The third-order valence-corrected chi connectivity index (χ3v) is 4.40. The molecule has 21 heavy (non-hydrogen) atoms. The van der Waals surface area contributed by atoms with Gasteiger partial charge in [-0.2, -0.15) is 0 Å². The van der Waals surface area contributed by atoms with Crippen LogP contribution in [0, 0.1) is 6.92 Å². The Morgan fingerprint density at radius 3 is 2.86 bits per heavy atom. The van der Waals surface area contributed by atoms with Gasteiger partial charge in [0.15, 0.2) is 0 Å². The molecule has 0 aromatic carbocycles. The molecule has 0 bridgehead atoms. The van der Waals surface area contributed by atoms with Crippen molar-refractivity contribution in [3.63, 3.8) is 0 Å². The number of carbonyl (C=O) groups excluding carboxylic acids is 1. The number of carbonyl (C=O) groups is 1. The predicted molar refractivity (Wildman–Crippen MR) is 77.1 cm³/mol. The van der Waals surface area contributed by atoms with Gasteiger partial charge >= 0.3 is 6.09 Å². The molecule has 0 radical (unpaired) electrons. The Morgan fingerprint density at radius 2 is 2.19 bits per heavy atom. The lowest BCUT2D eigenvalue weighted by Gasteiger charge is -2.45. The predicted octanol–water partition coefficient (Wildman–Crippen LogP) is 1.77. The quantitative estimate of drug-likeness (QED) is 0.788. The van der Waals surface area contributed by atoms with Crippen LogP contribution in [0.3, 0.4) is 0 Å². The SMILES string of the molecule is COC(=O)N1CCC2(CC1)C[C@H](N)c1nc(C)ccc1O2. The van der Waals surface area contributed by atoms with Crippen LogP contribution in [0.25, 0.3) is 0 Å². The highest BCUT2D eigenvalue weighted by Gasteiger charge is 2.43. The lowest BCUT2D eigenvalue weighted by atomic mass is 9.82. The number of amides is 1. The van der Waals surface area contributed by atoms with Crippen LogP contribution in [0.2, 0.25) is 0 Å². The average molecular weight is 291 g/mol. The van der Waals surface area contributed by atoms with Gasteiger partial charge in [0.1, 0.15) is 11.4 Å². The topological polar surface area (TPSA) is 77.7 Å². The highest BCUT2D eigenvalue weighted by molar-refractivity contribution is 5.67. The van der Waals surface area contributed by atoms with E-state index >= 15 is 0 Å². The normalized spacial score (nSPS) is 23.4. The van der Waals surface area contributed by atoms with Crippen LogP contribution in [0.4, 0.5) is 4.79 Å². The van der Waals surface area contributed by atoms with Crippen LogP contribution in [0.5, 0.6) is 5.75 Å². The number of fused-ring (bicyclic) bond motifs is 1. The number of aromatic nitrogens is 1. The Kier molecular flexibility index (Phi) is 3.49. The van der Waals surface area contributed by atoms with E-state index < -0.39 is 0 Å². The lowest BCUT2D eigenvalue weighted by Crippen LogP contribution is -2.52. The molecule has 1 atom stereocenters. The first-order valence-electron chi connectivity index (χ1n) is 7.28. The van der Waals surface area contributed by atoms with E-state index in [0.717, 1.165) is 36.4 Å². The molecule has 2 N–H and O–H groups in total. The minimum absolute atomic E-state index is 0.113. The van der Waals surface area contributed by atoms with Crippen molar-refractivity contribution in [2.75, 3.05) is 20.2 Å². The molecular weight excluding hydrogens is 270 g/mol. The zero-order chi connectivity index (χ0) is 15.0. The Labute approximate surface area is 124 Å². The van der Waals surface area contributed by atoms with Crippen LogP contribution in [0.15, 0.2) is 12.1 Å². The van der Waals surface area contributed by atoms with Crippen molar-refractivity contribution < 1.29 is 14.3 Å². The summed E-state index contributed by atoms with van der Waals surface area (Å²) < 4.78 is 11.0. The summed E-state index contributed by atoms with van der Waals surface area (Å²) in [5.41, 5.74) is 7.80. The number of nitrogens with zero attached hydrogens (tertiary/aromatic N) is 2. The number of hydrogen-bond donors (Lipinski definition) is 1. The number of aryl methyl sites for hydroxylation is 1. The van der Waals surface area contributed by atoms with E-state index in [4.69, 9.17) is 15.2 Å². The van der Waals surface area contributed by atoms with Gasteiger partial charge in [-0.25, -0.2) is 4.79 Å². The number of nitrogens with two attached hydrogens (primary N) is 1. The van der Waals surface area contributed by atoms with E-state index in [1.165, 1.54) is 7.11 Å². The molecule has 0 aliphatic carbocycles. The Morgan fingerprint density at radius 1 is 1.48 bits per heavy atom. The molecule has 6 heteroatoms. The molecule has 1 aromatic heterocycles. The Hall–Kier alpha value is -1.82. The number of piperidine rings is 1. The molecule has 6 nitrogen and oxygen atoms in total. The molecule has 2 aliphatic rings. The van der Waals surface area contributed by atoms with Crippen molar-refractivity contribution in [1.29, 1.82) is 0 Å². The van der Waals surface area contributed by atoms with Crippen molar-refractivity contribution >= 4 is 6.09 Å². The molecule has 1 amide bonds. The van der Waals surface area contributed by atoms with Crippen molar-refractivity contribution in [3.8, 4) is 5.75 Å².